The van der Waals surface area contributed by atoms with Crippen molar-refractivity contribution >= 4 is 0 Å². The van der Waals surface area contributed by atoms with E-state index in [4.69, 9.17) is 9.72 Å². The number of benzene rings is 1. The van der Waals surface area contributed by atoms with Gasteiger partial charge in [0.2, 0.25) is 0 Å². The number of hydrogen-bond acceptors (Lipinski definition) is 4. The van der Waals surface area contributed by atoms with Gasteiger partial charge >= 0.3 is 0 Å². The first-order chi connectivity index (χ1) is 13.8. The molecule has 3 rings (SSSR count). The first kappa shape index (κ1) is 20.0. The van der Waals surface area contributed by atoms with Crippen molar-refractivity contribution in [3.8, 4) is 11.3 Å². The van der Waals surface area contributed by atoms with Gasteiger partial charge in [-0.15, -0.1) is 10.2 Å². The second kappa shape index (κ2) is 9.99. The highest BCUT2D eigenvalue weighted by molar-refractivity contribution is 5.62. The van der Waals surface area contributed by atoms with Gasteiger partial charge in [0.25, 0.3) is 0 Å². The fourth-order valence-electron chi connectivity index (χ4n) is 3.38. The van der Waals surface area contributed by atoms with Crippen LogP contribution in [0, 0.1) is 0 Å². The molecule has 0 radical (unpaired) electrons. The monoisotopic (exact) mass is 379 g/mol. The maximum atomic E-state index is 5.21. The maximum absolute atomic E-state index is 5.21. The average molecular weight is 380 g/mol. The van der Waals surface area contributed by atoms with Crippen LogP contribution < -0.4 is 0 Å². The molecule has 2 heterocycles. The lowest BCUT2D eigenvalue weighted by Gasteiger charge is -2.18. The number of nitrogens with zero attached hydrogens (tertiary/aromatic N) is 5. The van der Waals surface area contributed by atoms with E-state index in [0.717, 1.165) is 42.9 Å². The highest BCUT2D eigenvalue weighted by Gasteiger charge is 2.21. The van der Waals surface area contributed by atoms with Crippen LogP contribution >= 0.6 is 0 Å². The van der Waals surface area contributed by atoms with Crippen LogP contribution in [0.4, 0.5) is 0 Å². The predicted molar refractivity (Wildman–Crippen MR) is 111 cm³/mol. The molecule has 0 unspecified atom stereocenters. The lowest BCUT2D eigenvalue weighted by atomic mass is 10.1. The van der Waals surface area contributed by atoms with Crippen LogP contribution in [-0.4, -0.2) is 38.0 Å². The van der Waals surface area contributed by atoms with Gasteiger partial charge in [-0.3, -0.25) is 0 Å². The first-order valence-corrected chi connectivity index (χ1v) is 9.89. The van der Waals surface area contributed by atoms with Gasteiger partial charge in [0, 0.05) is 24.9 Å². The molecule has 6 nitrogen and oxygen atoms in total. The third-order valence-electron chi connectivity index (χ3n) is 4.87. The van der Waals surface area contributed by atoms with Crippen molar-refractivity contribution in [1.29, 1.82) is 0 Å². The molecule has 0 bridgehead atoms. The summed E-state index contributed by atoms with van der Waals surface area (Å²) < 4.78 is 9.50. The lowest BCUT2D eigenvalue weighted by molar-refractivity contribution is 0.185. The van der Waals surface area contributed by atoms with Gasteiger partial charge in [0.1, 0.15) is 6.33 Å². The number of rotatable bonds is 10. The Balaban J connectivity index is 1.94. The van der Waals surface area contributed by atoms with E-state index in [9.17, 15) is 0 Å². The Morgan fingerprint density at radius 1 is 1.14 bits per heavy atom. The topological polar surface area (TPSA) is 57.8 Å². The Labute approximate surface area is 166 Å². The molecule has 0 aliphatic carbocycles. The van der Waals surface area contributed by atoms with Crippen LogP contribution in [-0.2, 0) is 17.7 Å². The number of imidazole rings is 1. The number of allylic oxidation sites excluding steroid dienone is 2. The van der Waals surface area contributed by atoms with Gasteiger partial charge in [0.05, 0.1) is 24.7 Å². The molecule has 0 amide bonds. The van der Waals surface area contributed by atoms with Crippen molar-refractivity contribution < 1.29 is 4.74 Å². The quantitative estimate of drug-likeness (QED) is 0.493. The fraction of sp³-hybridized carbons (Fsp3) is 0.409. The summed E-state index contributed by atoms with van der Waals surface area (Å²) >= 11 is 0. The van der Waals surface area contributed by atoms with E-state index in [1.807, 2.05) is 12.4 Å². The van der Waals surface area contributed by atoms with Crippen molar-refractivity contribution in [3.05, 3.63) is 66.7 Å². The third-order valence-corrected chi connectivity index (χ3v) is 4.87. The minimum atomic E-state index is 0.0365. The summed E-state index contributed by atoms with van der Waals surface area (Å²) in [6.07, 6.45) is 11.1. The molecular weight excluding hydrogens is 350 g/mol. The average Bonchev–Trinajstić information content (AvgIpc) is 3.37. The zero-order valence-corrected chi connectivity index (χ0v) is 17.0. The SMILES string of the molecule is CC/C=C\CCc1c(-c2ccccc2)ncn1[C@@H](C)c1nncn1CCOC. The van der Waals surface area contributed by atoms with Gasteiger partial charge in [-0.05, 0) is 26.2 Å². The number of ether oxygens (including phenoxy) is 1. The van der Waals surface area contributed by atoms with Crippen LogP contribution in [0.25, 0.3) is 11.3 Å². The van der Waals surface area contributed by atoms with E-state index in [2.05, 4.69) is 69.6 Å². The molecule has 0 saturated carbocycles. The van der Waals surface area contributed by atoms with E-state index < -0.39 is 0 Å². The Morgan fingerprint density at radius 3 is 2.71 bits per heavy atom. The molecule has 1 atom stereocenters. The van der Waals surface area contributed by atoms with Crippen LogP contribution in [0.3, 0.4) is 0 Å². The van der Waals surface area contributed by atoms with Crippen LogP contribution in [0.15, 0.2) is 55.1 Å². The smallest absolute Gasteiger partial charge is 0.155 e. The summed E-state index contributed by atoms with van der Waals surface area (Å²) in [6.45, 7) is 5.67. The standard InChI is InChI=1S/C22H29N5O/c1-4-5-6-10-13-20-21(19-11-8-7-9-12-19)23-16-27(20)18(2)22-25-24-17-26(22)14-15-28-3/h5-9,11-12,16-18H,4,10,13-15H2,1-3H3/b6-5-/t18-/m0/s1. The molecule has 0 aliphatic rings. The van der Waals surface area contributed by atoms with E-state index in [1.54, 1.807) is 13.4 Å². The highest BCUT2D eigenvalue weighted by atomic mass is 16.5. The zero-order valence-electron chi connectivity index (χ0n) is 17.0. The highest BCUT2D eigenvalue weighted by Crippen LogP contribution is 2.28. The molecule has 6 heteroatoms. The first-order valence-electron chi connectivity index (χ1n) is 9.89. The molecule has 0 fully saturated rings. The second-order valence-electron chi connectivity index (χ2n) is 6.78. The third kappa shape index (κ3) is 4.57. The van der Waals surface area contributed by atoms with Crippen LogP contribution in [0.2, 0.25) is 0 Å². The molecule has 0 spiro atoms. The fourth-order valence-corrected chi connectivity index (χ4v) is 3.38. The minimum absolute atomic E-state index is 0.0365. The lowest BCUT2D eigenvalue weighted by Crippen LogP contribution is -2.16. The Morgan fingerprint density at radius 2 is 1.96 bits per heavy atom. The predicted octanol–water partition coefficient (Wildman–Crippen LogP) is 4.30. The largest absolute Gasteiger partial charge is 0.383 e. The summed E-state index contributed by atoms with van der Waals surface area (Å²) in [7, 11) is 1.71. The van der Waals surface area contributed by atoms with E-state index in [-0.39, 0.29) is 6.04 Å². The molecule has 0 saturated heterocycles. The maximum Gasteiger partial charge on any atom is 0.155 e. The van der Waals surface area contributed by atoms with Gasteiger partial charge in [-0.1, -0.05) is 49.4 Å². The van der Waals surface area contributed by atoms with Gasteiger partial charge in [-0.25, -0.2) is 4.98 Å². The van der Waals surface area contributed by atoms with Crippen molar-refractivity contribution in [1.82, 2.24) is 24.3 Å². The number of methoxy groups -OCH3 is 1. The number of aromatic nitrogens is 5. The molecule has 2 aromatic heterocycles. The molecule has 148 valence electrons. The van der Waals surface area contributed by atoms with E-state index in [0.29, 0.717) is 6.61 Å². The van der Waals surface area contributed by atoms with Gasteiger partial charge in [-0.2, -0.15) is 0 Å². The Bertz CT molecular complexity index is 881. The summed E-state index contributed by atoms with van der Waals surface area (Å²) in [4.78, 5) is 4.76. The van der Waals surface area contributed by atoms with E-state index in [1.165, 1.54) is 5.69 Å². The summed E-state index contributed by atoms with van der Waals surface area (Å²) in [6, 6.07) is 10.4. The van der Waals surface area contributed by atoms with Crippen molar-refractivity contribution in [2.75, 3.05) is 13.7 Å². The molecule has 3 aromatic rings. The molecular formula is C22H29N5O. The summed E-state index contributed by atoms with van der Waals surface area (Å²) in [5, 5.41) is 8.49. The van der Waals surface area contributed by atoms with E-state index >= 15 is 0 Å². The second-order valence-corrected chi connectivity index (χ2v) is 6.78. The number of hydrogen-bond donors (Lipinski definition) is 0. The normalized spacial score (nSPS) is 12.7. The zero-order chi connectivity index (χ0) is 19.8. The van der Waals surface area contributed by atoms with Gasteiger partial charge in [0.15, 0.2) is 5.82 Å². The molecule has 28 heavy (non-hydrogen) atoms. The summed E-state index contributed by atoms with van der Waals surface area (Å²) in [5.41, 5.74) is 3.41. The Kier molecular flexibility index (Phi) is 7.14. The van der Waals surface area contributed by atoms with Crippen molar-refractivity contribution in [2.45, 2.75) is 45.7 Å². The molecule has 0 N–H and O–H groups in total. The van der Waals surface area contributed by atoms with Gasteiger partial charge < -0.3 is 13.9 Å². The van der Waals surface area contributed by atoms with Crippen molar-refractivity contribution in [3.63, 3.8) is 0 Å². The van der Waals surface area contributed by atoms with Crippen molar-refractivity contribution in [2.24, 2.45) is 0 Å². The molecule has 0 aliphatic heterocycles. The van der Waals surface area contributed by atoms with Crippen LogP contribution in [0.5, 0.6) is 0 Å². The molecule has 1 aromatic carbocycles. The summed E-state index contributed by atoms with van der Waals surface area (Å²) in [5.74, 6) is 0.916. The minimum Gasteiger partial charge on any atom is -0.383 e. The Hall–Kier alpha value is -2.73. The van der Waals surface area contributed by atoms with Crippen LogP contribution in [0.1, 0.15) is 44.2 Å².